The van der Waals surface area contributed by atoms with Crippen molar-refractivity contribution in [2.45, 2.75) is 19.1 Å². The second kappa shape index (κ2) is 9.63. The highest BCUT2D eigenvalue weighted by Crippen LogP contribution is 2.29. The van der Waals surface area contributed by atoms with Crippen molar-refractivity contribution >= 4 is 11.6 Å². The number of amides is 1. The molecule has 2 aromatic carbocycles. The second-order valence-electron chi connectivity index (χ2n) is 7.25. The van der Waals surface area contributed by atoms with Gasteiger partial charge in [0.05, 0.1) is 23.7 Å². The summed E-state index contributed by atoms with van der Waals surface area (Å²) in [5.74, 6) is -0.00394. The summed E-state index contributed by atoms with van der Waals surface area (Å²) >= 11 is 0. The molecule has 1 N–H and O–H groups in total. The normalized spacial score (nSPS) is 15.3. The standard InChI is InChI=1S/C22H23F3N4O/c23-22(24,25)19-6-2-18(3-7-19)16-28-10-1-11-29(13-12-28)21(30)15-27-20-8-4-17(14-26)5-9-20/h2-9,27H,1,10-13,15-16H2. The molecule has 5 nitrogen and oxygen atoms in total. The Bertz CT molecular complexity index is 889. The fraction of sp³-hybridized carbons (Fsp3) is 0.364. The third-order valence-electron chi connectivity index (χ3n) is 5.09. The van der Waals surface area contributed by atoms with Crippen molar-refractivity contribution in [3.05, 3.63) is 65.2 Å². The lowest BCUT2D eigenvalue weighted by Crippen LogP contribution is -2.38. The van der Waals surface area contributed by atoms with Gasteiger partial charge in [-0.1, -0.05) is 12.1 Å². The van der Waals surface area contributed by atoms with E-state index in [4.69, 9.17) is 5.26 Å². The van der Waals surface area contributed by atoms with E-state index in [1.165, 1.54) is 12.1 Å². The summed E-state index contributed by atoms with van der Waals surface area (Å²) < 4.78 is 38.1. The van der Waals surface area contributed by atoms with Gasteiger partial charge in [0.2, 0.25) is 5.91 Å². The molecule has 1 saturated heterocycles. The highest BCUT2D eigenvalue weighted by molar-refractivity contribution is 5.81. The Labute approximate surface area is 173 Å². The van der Waals surface area contributed by atoms with Gasteiger partial charge < -0.3 is 10.2 Å². The van der Waals surface area contributed by atoms with Crippen LogP contribution < -0.4 is 5.32 Å². The number of nitrogens with one attached hydrogen (secondary N) is 1. The first-order chi connectivity index (χ1) is 14.3. The van der Waals surface area contributed by atoms with E-state index < -0.39 is 11.7 Å². The number of nitrogens with zero attached hydrogens (tertiary/aromatic N) is 3. The van der Waals surface area contributed by atoms with Crippen LogP contribution in [0.1, 0.15) is 23.1 Å². The van der Waals surface area contributed by atoms with Crippen LogP contribution in [-0.2, 0) is 17.5 Å². The van der Waals surface area contributed by atoms with Crippen molar-refractivity contribution in [1.82, 2.24) is 9.80 Å². The summed E-state index contributed by atoms with van der Waals surface area (Å²) in [6, 6.07) is 14.2. The molecule has 0 atom stereocenters. The van der Waals surface area contributed by atoms with Gasteiger partial charge in [-0.15, -0.1) is 0 Å². The molecule has 8 heteroatoms. The maximum Gasteiger partial charge on any atom is 0.416 e. The average molecular weight is 416 g/mol. The summed E-state index contributed by atoms with van der Waals surface area (Å²) in [5.41, 5.74) is 1.52. The predicted octanol–water partition coefficient (Wildman–Crippen LogP) is 3.72. The number of carbonyl (C=O) groups excluding carboxylic acids is 1. The third-order valence-corrected chi connectivity index (χ3v) is 5.09. The van der Waals surface area contributed by atoms with Crippen LogP contribution in [0.25, 0.3) is 0 Å². The fourth-order valence-corrected chi connectivity index (χ4v) is 3.39. The molecule has 1 amide bonds. The highest BCUT2D eigenvalue weighted by atomic mass is 19.4. The van der Waals surface area contributed by atoms with Gasteiger partial charge in [0.1, 0.15) is 0 Å². The molecular formula is C22H23F3N4O. The maximum atomic E-state index is 12.7. The SMILES string of the molecule is N#Cc1ccc(NCC(=O)N2CCCN(Cc3ccc(C(F)(F)F)cc3)CC2)cc1. The van der Waals surface area contributed by atoms with Crippen LogP contribution in [0.15, 0.2) is 48.5 Å². The molecule has 0 saturated carbocycles. The van der Waals surface area contributed by atoms with Gasteiger partial charge in [-0.05, 0) is 48.4 Å². The van der Waals surface area contributed by atoms with Crippen molar-refractivity contribution in [2.75, 3.05) is 38.0 Å². The topological polar surface area (TPSA) is 59.4 Å². The highest BCUT2D eigenvalue weighted by Gasteiger charge is 2.30. The summed E-state index contributed by atoms with van der Waals surface area (Å²) in [6.45, 7) is 3.41. The summed E-state index contributed by atoms with van der Waals surface area (Å²) in [5, 5.41) is 11.9. The molecule has 0 spiro atoms. The van der Waals surface area contributed by atoms with E-state index in [1.807, 2.05) is 4.90 Å². The second-order valence-corrected chi connectivity index (χ2v) is 7.25. The van der Waals surface area contributed by atoms with Gasteiger partial charge >= 0.3 is 6.18 Å². The minimum Gasteiger partial charge on any atom is -0.376 e. The quantitative estimate of drug-likeness (QED) is 0.807. The summed E-state index contributed by atoms with van der Waals surface area (Å²) in [7, 11) is 0. The van der Waals surface area contributed by atoms with Gasteiger partial charge in [0.25, 0.3) is 0 Å². The number of rotatable bonds is 5. The van der Waals surface area contributed by atoms with Crippen molar-refractivity contribution in [1.29, 1.82) is 5.26 Å². The lowest BCUT2D eigenvalue weighted by Gasteiger charge is -2.22. The van der Waals surface area contributed by atoms with Gasteiger partial charge in [-0.2, -0.15) is 18.4 Å². The van der Waals surface area contributed by atoms with Crippen LogP contribution in [0.2, 0.25) is 0 Å². The first-order valence-electron chi connectivity index (χ1n) is 9.75. The Kier molecular flexibility index (Phi) is 6.95. The van der Waals surface area contributed by atoms with E-state index in [0.717, 1.165) is 36.3 Å². The molecule has 0 bridgehead atoms. The molecule has 3 rings (SSSR count). The number of nitriles is 1. The van der Waals surface area contributed by atoms with Crippen LogP contribution in [-0.4, -0.2) is 48.4 Å². The Morgan fingerprint density at radius 3 is 2.33 bits per heavy atom. The zero-order chi connectivity index (χ0) is 21.6. The first-order valence-corrected chi connectivity index (χ1v) is 9.75. The van der Waals surface area contributed by atoms with Crippen LogP contribution in [0.3, 0.4) is 0 Å². The minimum absolute atomic E-state index is 0.00394. The van der Waals surface area contributed by atoms with Crippen LogP contribution in [0, 0.1) is 11.3 Å². The Balaban J connectivity index is 1.48. The fourth-order valence-electron chi connectivity index (χ4n) is 3.39. The summed E-state index contributed by atoms with van der Waals surface area (Å²) in [4.78, 5) is 16.5. The van der Waals surface area contributed by atoms with E-state index in [9.17, 15) is 18.0 Å². The molecule has 30 heavy (non-hydrogen) atoms. The molecule has 1 aliphatic heterocycles. The Morgan fingerprint density at radius 2 is 1.70 bits per heavy atom. The molecule has 0 aliphatic carbocycles. The van der Waals surface area contributed by atoms with E-state index in [1.54, 1.807) is 24.3 Å². The molecule has 1 heterocycles. The van der Waals surface area contributed by atoms with E-state index >= 15 is 0 Å². The molecule has 0 aromatic heterocycles. The number of benzene rings is 2. The maximum absolute atomic E-state index is 12.7. The smallest absolute Gasteiger partial charge is 0.376 e. The lowest BCUT2D eigenvalue weighted by molar-refractivity contribution is -0.137. The molecule has 0 unspecified atom stereocenters. The van der Waals surface area contributed by atoms with Gasteiger partial charge in [-0.3, -0.25) is 9.69 Å². The lowest BCUT2D eigenvalue weighted by atomic mass is 10.1. The molecule has 1 fully saturated rings. The van der Waals surface area contributed by atoms with Crippen molar-refractivity contribution in [3.8, 4) is 6.07 Å². The average Bonchev–Trinajstić information content (AvgIpc) is 2.98. The molecule has 158 valence electrons. The number of hydrogen-bond acceptors (Lipinski definition) is 4. The number of halogens is 3. The van der Waals surface area contributed by atoms with Gasteiger partial charge in [-0.25, -0.2) is 0 Å². The minimum atomic E-state index is -4.33. The molecular weight excluding hydrogens is 393 g/mol. The first kappa shape index (κ1) is 21.7. The Hall–Kier alpha value is -3.05. The van der Waals surface area contributed by atoms with Crippen LogP contribution in [0.4, 0.5) is 18.9 Å². The number of anilines is 1. The van der Waals surface area contributed by atoms with Crippen molar-refractivity contribution < 1.29 is 18.0 Å². The molecule has 2 aromatic rings. The molecule has 0 radical (unpaired) electrons. The van der Waals surface area contributed by atoms with Gasteiger partial charge in [0.15, 0.2) is 0 Å². The van der Waals surface area contributed by atoms with Crippen molar-refractivity contribution in [3.63, 3.8) is 0 Å². The monoisotopic (exact) mass is 416 g/mol. The summed E-state index contributed by atoms with van der Waals surface area (Å²) in [6.07, 6.45) is -3.52. The van der Waals surface area contributed by atoms with Crippen LogP contribution in [0.5, 0.6) is 0 Å². The third kappa shape index (κ3) is 5.97. The van der Waals surface area contributed by atoms with E-state index in [-0.39, 0.29) is 12.5 Å². The van der Waals surface area contributed by atoms with E-state index in [0.29, 0.717) is 31.7 Å². The predicted molar refractivity (Wildman–Crippen MR) is 108 cm³/mol. The largest absolute Gasteiger partial charge is 0.416 e. The van der Waals surface area contributed by atoms with Crippen LogP contribution >= 0.6 is 0 Å². The van der Waals surface area contributed by atoms with E-state index in [2.05, 4.69) is 16.3 Å². The van der Waals surface area contributed by atoms with Gasteiger partial charge in [0, 0.05) is 38.4 Å². The Morgan fingerprint density at radius 1 is 1.00 bits per heavy atom. The zero-order valence-electron chi connectivity index (χ0n) is 16.5. The zero-order valence-corrected chi connectivity index (χ0v) is 16.5. The number of hydrogen-bond donors (Lipinski definition) is 1. The van der Waals surface area contributed by atoms with Crippen molar-refractivity contribution in [2.24, 2.45) is 0 Å². The number of alkyl halides is 3. The molecule has 1 aliphatic rings. The number of carbonyl (C=O) groups is 1.